The number of hydrogen-bond acceptors (Lipinski definition) is 5. The molecule has 0 radical (unpaired) electrons. The molecular formula is C22H17FN4O3. The van der Waals surface area contributed by atoms with E-state index >= 15 is 0 Å². The van der Waals surface area contributed by atoms with Crippen LogP contribution in [0.1, 0.15) is 34.5 Å². The SMILES string of the molecule is C[C@H]1Oc2cc(N3C(=O)c4ccccc4C3c3ccc(F)nc3)ncc2N(C)C1=O. The molecule has 0 aliphatic carbocycles. The molecule has 2 amide bonds. The van der Waals surface area contributed by atoms with Gasteiger partial charge in [0.15, 0.2) is 6.10 Å². The van der Waals surface area contributed by atoms with E-state index in [4.69, 9.17) is 4.74 Å². The minimum atomic E-state index is -0.638. The van der Waals surface area contributed by atoms with Crippen molar-refractivity contribution in [3.05, 3.63) is 77.5 Å². The fraction of sp³-hybridized carbons (Fsp3) is 0.182. The van der Waals surface area contributed by atoms with Gasteiger partial charge >= 0.3 is 0 Å². The van der Waals surface area contributed by atoms with Crippen molar-refractivity contribution in [2.45, 2.75) is 19.1 Å². The molecule has 1 unspecified atom stereocenters. The lowest BCUT2D eigenvalue weighted by Gasteiger charge is -2.31. The maximum Gasteiger partial charge on any atom is 0.267 e. The first kappa shape index (κ1) is 18.2. The van der Waals surface area contributed by atoms with Crippen LogP contribution < -0.4 is 14.5 Å². The number of aromatic nitrogens is 2. The van der Waals surface area contributed by atoms with Crippen LogP contribution in [0.4, 0.5) is 15.9 Å². The molecule has 1 aromatic carbocycles. The largest absolute Gasteiger partial charge is 0.478 e. The van der Waals surface area contributed by atoms with E-state index in [-0.39, 0.29) is 11.8 Å². The molecule has 7 nitrogen and oxygen atoms in total. The van der Waals surface area contributed by atoms with E-state index in [0.29, 0.717) is 28.4 Å². The summed E-state index contributed by atoms with van der Waals surface area (Å²) >= 11 is 0. The molecule has 2 aliphatic rings. The number of carbonyl (C=O) groups is 2. The van der Waals surface area contributed by atoms with Gasteiger partial charge in [-0.2, -0.15) is 4.39 Å². The molecule has 4 heterocycles. The first-order valence-corrected chi connectivity index (χ1v) is 9.44. The van der Waals surface area contributed by atoms with E-state index in [2.05, 4.69) is 9.97 Å². The van der Waals surface area contributed by atoms with E-state index in [1.54, 1.807) is 43.1 Å². The van der Waals surface area contributed by atoms with Gasteiger partial charge in [0.25, 0.3) is 11.8 Å². The third-order valence-electron chi connectivity index (χ3n) is 5.45. The highest BCUT2D eigenvalue weighted by molar-refractivity contribution is 6.11. The molecule has 5 rings (SSSR count). The lowest BCUT2D eigenvalue weighted by atomic mass is 9.99. The number of pyridine rings is 2. The van der Waals surface area contributed by atoms with E-state index in [9.17, 15) is 14.0 Å². The van der Waals surface area contributed by atoms with Crippen LogP contribution >= 0.6 is 0 Å². The van der Waals surface area contributed by atoms with Gasteiger partial charge < -0.3 is 9.64 Å². The Morgan fingerprint density at radius 2 is 1.87 bits per heavy atom. The maximum absolute atomic E-state index is 13.4. The predicted octanol–water partition coefficient (Wildman–Crippen LogP) is 3.11. The number of carbonyl (C=O) groups excluding carboxylic acids is 2. The van der Waals surface area contributed by atoms with Gasteiger partial charge in [-0.25, -0.2) is 9.97 Å². The summed E-state index contributed by atoms with van der Waals surface area (Å²) in [6.45, 7) is 1.67. The number of fused-ring (bicyclic) bond motifs is 2. The minimum absolute atomic E-state index is 0.169. The summed E-state index contributed by atoms with van der Waals surface area (Å²) < 4.78 is 19.2. The predicted molar refractivity (Wildman–Crippen MR) is 107 cm³/mol. The Hall–Kier alpha value is -3.81. The zero-order chi connectivity index (χ0) is 21.0. The summed E-state index contributed by atoms with van der Waals surface area (Å²) in [6, 6.07) is 11.3. The van der Waals surface area contributed by atoms with Gasteiger partial charge in [0, 0.05) is 24.9 Å². The average molecular weight is 404 g/mol. The van der Waals surface area contributed by atoms with Crippen LogP contribution in [0.5, 0.6) is 5.75 Å². The van der Waals surface area contributed by atoms with Crippen LogP contribution in [-0.4, -0.2) is 34.9 Å². The topological polar surface area (TPSA) is 75.6 Å². The molecule has 2 atom stereocenters. The fourth-order valence-electron chi connectivity index (χ4n) is 3.96. The van der Waals surface area contributed by atoms with Crippen LogP contribution in [0.25, 0.3) is 0 Å². The Kier molecular flexibility index (Phi) is 4.02. The molecule has 150 valence electrons. The molecule has 0 fully saturated rings. The van der Waals surface area contributed by atoms with Crippen molar-refractivity contribution in [2.75, 3.05) is 16.8 Å². The molecule has 2 aromatic heterocycles. The van der Waals surface area contributed by atoms with Crippen molar-refractivity contribution < 1.29 is 18.7 Å². The normalized spacial score (nSPS) is 20.1. The standard InChI is InChI=1S/C22H17FN4O3/c1-12-21(28)26(2)16-11-25-19(9-17(16)30-12)27-20(13-7-8-18(23)24-10-13)14-5-3-4-6-15(14)22(27)29/h3-12,20H,1-2H3/t12-,20?/m1/s1. The lowest BCUT2D eigenvalue weighted by molar-refractivity contribution is -0.125. The van der Waals surface area contributed by atoms with Crippen LogP contribution in [0.3, 0.4) is 0 Å². The second-order valence-corrected chi connectivity index (χ2v) is 7.25. The van der Waals surface area contributed by atoms with Crippen LogP contribution in [0.15, 0.2) is 54.9 Å². The summed E-state index contributed by atoms with van der Waals surface area (Å²) in [4.78, 5) is 36.7. The molecule has 30 heavy (non-hydrogen) atoms. The van der Waals surface area contributed by atoms with E-state index in [1.807, 2.05) is 12.1 Å². The van der Waals surface area contributed by atoms with Crippen molar-refractivity contribution in [1.29, 1.82) is 0 Å². The second kappa shape index (κ2) is 6.62. The molecule has 0 spiro atoms. The molecule has 2 aliphatic heterocycles. The third kappa shape index (κ3) is 2.64. The second-order valence-electron chi connectivity index (χ2n) is 7.25. The lowest BCUT2D eigenvalue weighted by Crippen LogP contribution is -2.42. The average Bonchev–Trinajstić information content (AvgIpc) is 3.05. The number of halogens is 1. The van der Waals surface area contributed by atoms with Gasteiger partial charge in [0.2, 0.25) is 5.95 Å². The minimum Gasteiger partial charge on any atom is -0.478 e. The van der Waals surface area contributed by atoms with Gasteiger partial charge in [-0.1, -0.05) is 24.3 Å². The first-order chi connectivity index (χ1) is 14.5. The fourth-order valence-corrected chi connectivity index (χ4v) is 3.96. The Bertz CT molecular complexity index is 1180. The monoisotopic (exact) mass is 404 g/mol. The Morgan fingerprint density at radius 3 is 2.63 bits per heavy atom. The number of ether oxygens (including phenoxy) is 1. The van der Waals surface area contributed by atoms with Crippen molar-refractivity contribution >= 4 is 23.3 Å². The number of nitrogens with zero attached hydrogens (tertiary/aromatic N) is 4. The highest BCUT2D eigenvalue weighted by atomic mass is 19.1. The van der Waals surface area contributed by atoms with Crippen LogP contribution in [0.2, 0.25) is 0 Å². The maximum atomic E-state index is 13.4. The smallest absolute Gasteiger partial charge is 0.267 e. The van der Waals surface area contributed by atoms with E-state index < -0.39 is 18.1 Å². The van der Waals surface area contributed by atoms with Crippen LogP contribution in [0, 0.1) is 5.95 Å². The Morgan fingerprint density at radius 1 is 1.07 bits per heavy atom. The zero-order valence-corrected chi connectivity index (χ0v) is 16.2. The van der Waals surface area contributed by atoms with Crippen LogP contribution in [-0.2, 0) is 4.79 Å². The number of anilines is 2. The summed E-state index contributed by atoms with van der Waals surface area (Å²) in [5, 5.41) is 0. The van der Waals surface area contributed by atoms with Gasteiger partial charge in [0.1, 0.15) is 17.3 Å². The Labute approximate surface area is 171 Å². The van der Waals surface area contributed by atoms with E-state index in [0.717, 1.165) is 5.56 Å². The first-order valence-electron chi connectivity index (χ1n) is 9.44. The van der Waals surface area contributed by atoms with Gasteiger partial charge in [0.05, 0.1) is 12.2 Å². The summed E-state index contributed by atoms with van der Waals surface area (Å²) in [5.74, 6) is -0.143. The number of benzene rings is 1. The molecular weight excluding hydrogens is 387 g/mol. The zero-order valence-electron chi connectivity index (χ0n) is 16.2. The summed E-state index contributed by atoms with van der Waals surface area (Å²) in [6.07, 6.45) is 2.30. The molecule has 0 saturated carbocycles. The van der Waals surface area contributed by atoms with Crippen molar-refractivity contribution in [1.82, 2.24) is 9.97 Å². The molecule has 0 saturated heterocycles. The highest BCUT2D eigenvalue weighted by Gasteiger charge is 2.40. The molecule has 3 aromatic rings. The Balaban J connectivity index is 1.64. The molecule has 8 heteroatoms. The third-order valence-corrected chi connectivity index (χ3v) is 5.45. The molecule has 0 bridgehead atoms. The van der Waals surface area contributed by atoms with Crippen molar-refractivity contribution in [3.8, 4) is 5.75 Å². The number of likely N-dealkylation sites (N-methyl/N-ethyl adjacent to an activating group) is 1. The number of rotatable bonds is 2. The summed E-state index contributed by atoms with van der Waals surface area (Å²) in [7, 11) is 1.66. The highest BCUT2D eigenvalue weighted by Crippen LogP contribution is 2.43. The molecule has 0 N–H and O–H groups in total. The number of hydrogen-bond donors (Lipinski definition) is 0. The van der Waals surface area contributed by atoms with Gasteiger partial charge in [-0.3, -0.25) is 14.5 Å². The summed E-state index contributed by atoms with van der Waals surface area (Å²) in [5.41, 5.74) is 2.53. The van der Waals surface area contributed by atoms with E-state index in [1.165, 1.54) is 23.4 Å². The quantitative estimate of drug-likeness (QED) is 0.614. The van der Waals surface area contributed by atoms with Gasteiger partial charge in [-0.05, 0) is 30.2 Å². The van der Waals surface area contributed by atoms with Gasteiger partial charge in [-0.15, -0.1) is 0 Å². The number of amides is 2. The van der Waals surface area contributed by atoms with Crippen molar-refractivity contribution in [3.63, 3.8) is 0 Å². The van der Waals surface area contributed by atoms with Crippen molar-refractivity contribution in [2.24, 2.45) is 0 Å².